The molecular weight excluding hydrogens is 272 g/mol. The Bertz CT molecular complexity index is 316. The second kappa shape index (κ2) is 10.6. The quantitative estimate of drug-likeness (QED) is 0.321. The van der Waals surface area contributed by atoms with E-state index in [4.69, 9.17) is 14.6 Å². The lowest BCUT2D eigenvalue weighted by Crippen LogP contribution is -2.18. The second-order valence-electron chi connectivity index (χ2n) is 5.66. The summed E-state index contributed by atoms with van der Waals surface area (Å²) in [5, 5.41) is 8.60. The predicted molar refractivity (Wildman–Crippen MR) is 79.1 cm³/mol. The zero-order valence-electron chi connectivity index (χ0n) is 13.0. The maximum Gasteiger partial charge on any atom is 0.338 e. The number of hydrogen-bond acceptors (Lipinski definition) is 4. The molecule has 1 saturated heterocycles. The Balaban J connectivity index is 1.81. The van der Waals surface area contributed by atoms with Crippen LogP contribution in [0.25, 0.3) is 0 Å². The number of unbranched alkanes of at least 4 members (excludes halogenated alkanes) is 9. The van der Waals surface area contributed by atoms with Crippen LogP contribution in [0.5, 0.6) is 0 Å². The van der Waals surface area contributed by atoms with Gasteiger partial charge in [-0.3, -0.25) is 0 Å². The lowest BCUT2D eigenvalue weighted by Gasteiger charge is -2.03. The van der Waals surface area contributed by atoms with Crippen LogP contribution in [0.4, 0.5) is 0 Å². The molecule has 2 unspecified atom stereocenters. The van der Waals surface area contributed by atoms with E-state index in [-0.39, 0.29) is 0 Å². The minimum absolute atomic E-state index is 0.363. The molecule has 1 heterocycles. The van der Waals surface area contributed by atoms with Crippen molar-refractivity contribution in [1.29, 1.82) is 0 Å². The summed E-state index contributed by atoms with van der Waals surface area (Å²) >= 11 is 0. The molecule has 0 aliphatic carbocycles. The summed E-state index contributed by atoms with van der Waals surface area (Å²) in [7, 11) is 0. The van der Waals surface area contributed by atoms with Crippen LogP contribution in [0.3, 0.4) is 0 Å². The standard InChI is InChI=1S/C16H28O5/c1-2-3-4-5-6-7-8-9-10-11-12-20-16(19)14-13(21-14)15(17)18/h13-14H,2-12H2,1H3,(H,17,18). The molecule has 1 aliphatic heterocycles. The van der Waals surface area contributed by atoms with Crippen LogP contribution < -0.4 is 0 Å². The van der Waals surface area contributed by atoms with E-state index in [2.05, 4.69) is 6.92 Å². The Hall–Kier alpha value is -1.10. The van der Waals surface area contributed by atoms with Crippen LogP contribution in [0.15, 0.2) is 0 Å². The third-order valence-electron chi connectivity index (χ3n) is 3.71. The Morgan fingerprint density at radius 2 is 1.43 bits per heavy atom. The zero-order chi connectivity index (χ0) is 15.5. The molecular formula is C16H28O5. The topological polar surface area (TPSA) is 76.1 Å². The van der Waals surface area contributed by atoms with Gasteiger partial charge < -0.3 is 14.6 Å². The summed E-state index contributed by atoms with van der Waals surface area (Å²) in [6.45, 7) is 2.59. The predicted octanol–water partition coefficient (Wildman–Crippen LogP) is 3.30. The van der Waals surface area contributed by atoms with Crippen molar-refractivity contribution >= 4 is 11.9 Å². The van der Waals surface area contributed by atoms with Gasteiger partial charge in [-0.15, -0.1) is 0 Å². The zero-order valence-corrected chi connectivity index (χ0v) is 13.0. The number of epoxide rings is 1. The minimum atomic E-state index is -1.10. The van der Waals surface area contributed by atoms with Gasteiger partial charge in [0.1, 0.15) is 0 Å². The summed E-state index contributed by atoms with van der Waals surface area (Å²) < 4.78 is 9.71. The van der Waals surface area contributed by atoms with Crippen molar-refractivity contribution in [3.63, 3.8) is 0 Å². The number of carboxylic acids is 1. The molecule has 1 rings (SSSR count). The minimum Gasteiger partial charge on any atom is -0.479 e. The third-order valence-corrected chi connectivity index (χ3v) is 3.71. The maximum atomic E-state index is 11.4. The summed E-state index contributed by atoms with van der Waals surface area (Å²) in [5.74, 6) is -1.64. The van der Waals surface area contributed by atoms with Gasteiger partial charge in [-0.05, 0) is 6.42 Å². The highest BCUT2D eigenvalue weighted by Gasteiger charge is 2.51. The molecule has 1 aliphatic rings. The highest BCUT2D eigenvalue weighted by molar-refractivity contribution is 5.88. The van der Waals surface area contributed by atoms with Gasteiger partial charge in [-0.2, -0.15) is 0 Å². The molecule has 0 spiro atoms. The fraction of sp³-hybridized carbons (Fsp3) is 0.875. The molecule has 1 N–H and O–H groups in total. The Morgan fingerprint density at radius 3 is 1.90 bits per heavy atom. The van der Waals surface area contributed by atoms with E-state index in [1.54, 1.807) is 0 Å². The Kier molecular flexibility index (Phi) is 9.06. The largest absolute Gasteiger partial charge is 0.479 e. The van der Waals surface area contributed by atoms with E-state index in [9.17, 15) is 9.59 Å². The second-order valence-corrected chi connectivity index (χ2v) is 5.66. The average Bonchev–Trinajstić information content (AvgIpc) is 3.25. The van der Waals surface area contributed by atoms with E-state index in [0.717, 1.165) is 12.8 Å². The number of carbonyl (C=O) groups excluding carboxylic acids is 1. The van der Waals surface area contributed by atoms with Gasteiger partial charge in [0.2, 0.25) is 0 Å². The molecule has 0 aromatic carbocycles. The van der Waals surface area contributed by atoms with Crippen molar-refractivity contribution in [2.75, 3.05) is 6.61 Å². The van der Waals surface area contributed by atoms with E-state index in [1.165, 1.54) is 51.4 Å². The molecule has 0 bridgehead atoms. The smallest absolute Gasteiger partial charge is 0.338 e. The normalized spacial score (nSPS) is 20.2. The number of carbonyl (C=O) groups is 2. The number of esters is 1. The first-order chi connectivity index (χ1) is 10.2. The van der Waals surface area contributed by atoms with E-state index in [1.807, 2.05) is 0 Å². The highest BCUT2D eigenvalue weighted by Crippen LogP contribution is 2.23. The first kappa shape index (κ1) is 18.0. The van der Waals surface area contributed by atoms with Crippen molar-refractivity contribution < 1.29 is 24.2 Å². The van der Waals surface area contributed by atoms with Crippen LogP contribution in [-0.4, -0.2) is 35.9 Å². The summed E-state index contributed by atoms with van der Waals surface area (Å²) in [6.07, 6.45) is 10.4. The van der Waals surface area contributed by atoms with Gasteiger partial charge in [-0.25, -0.2) is 9.59 Å². The maximum absolute atomic E-state index is 11.4. The molecule has 0 saturated carbocycles. The molecule has 0 radical (unpaired) electrons. The van der Waals surface area contributed by atoms with Crippen LogP contribution in [0.2, 0.25) is 0 Å². The van der Waals surface area contributed by atoms with Crippen molar-refractivity contribution in [3.8, 4) is 0 Å². The first-order valence-corrected chi connectivity index (χ1v) is 8.21. The Morgan fingerprint density at radius 1 is 0.905 bits per heavy atom. The van der Waals surface area contributed by atoms with Crippen molar-refractivity contribution in [3.05, 3.63) is 0 Å². The van der Waals surface area contributed by atoms with Gasteiger partial charge in [0, 0.05) is 0 Å². The number of hydrogen-bond donors (Lipinski definition) is 1. The molecule has 0 amide bonds. The molecule has 0 aromatic rings. The fourth-order valence-corrected chi connectivity index (χ4v) is 2.32. The van der Waals surface area contributed by atoms with Crippen LogP contribution in [-0.2, 0) is 19.1 Å². The van der Waals surface area contributed by atoms with Crippen molar-refractivity contribution in [2.45, 2.75) is 83.3 Å². The highest BCUT2D eigenvalue weighted by atomic mass is 16.7. The van der Waals surface area contributed by atoms with Crippen molar-refractivity contribution in [1.82, 2.24) is 0 Å². The Labute approximate surface area is 127 Å². The van der Waals surface area contributed by atoms with Gasteiger partial charge in [0.25, 0.3) is 0 Å². The van der Waals surface area contributed by atoms with Crippen molar-refractivity contribution in [2.24, 2.45) is 0 Å². The number of rotatable bonds is 13. The first-order valence-electron chi connectivity index (χ1n) is 8.21. The van der Waals surface area contributed by atoms with Gasteiger partial charge in [0.15, 0.2) is 12.2 Å². The van der Waals surface area contributed by atoms with E-state index in [0.29, 0.717) is 6.61 Å². The number of carboxylic acid groups (broad SMARTS) is 1. The van der Waals surface area contributed by atoms with E-state index >= 15 is 0 Å². The summed E-state index contributed by atoms with van der Waals surface area (Å²) in [6, 6.07) is 0. The van der Waals surface area contributed by atoms with Gasteiger partial charge in [0.05, 0.1) is 6.61 Å². The lowest BCUT2D eigenvalue weighted by molar-refractivity contribution is -0.146. The summed E-state index contributed by atoms with van der Waals surface area (Å²) in [5.41, 5.74) is 0. The third kappa shape index (κ3) is 8.05. The number of aliphatic carboxylic acids is 1. The average molecular weight is 300 g/mol. The van der Waals surface area contributed by atoms with Gasteiger partial charge >= 0.3 is 11.9 Å². The van der Waals surface area contributed by atoms with E-state index < -0.39 is 24.1 Å². The fourth-order valence-electron chi connectivity index (χ4n) is 2.32. The molecule has 5 nitrogen and oxygen atoms in total. The van der Waals surface area contributed by atoms with Gasteiger partial charge in [-0.1, -0.05) is 64.7 Å². The molecule has 2 atom stereocenters. The lowest BCUT2D eigenvalue weighted by atomic mass is 10.1. The molecule has 21 heavy (non-hydrogen) atoms. The molecule has 122 valence electrons. The SMILES string of the molecule is CCCCCCCCCCCCOC(=O)C1OC1C(=O)O. The van der Waals surface area contributed by atoms with Crippen LogP contribution in [0.1, 0.15) is 71.1 Å². The molecule has 0 aromatic heterocycles. The summed E-state index contributed by atoms with van der Waals surface area (Å²) in [4.78, 5) is 21.9. The molecule has 5 heteroatoms. The monoisotopic (exact) mass is 300 g/mol. The number of ether oxygens (including phenoxy) is 2. The molecule has 1 fully saturated rings. The van der Waals surface area contributed by atoms with Crippen LogP contribution >= 0.6 is 0 Å². The van der Waals surface area contributed by atoms with Crippen LogP contribution in [0, 0.1) is 0 Å².